The van der Waals surface area contributed by atoms with E-state index in [0.717, 1.165) is 69.2 Å². The highest BCUT2D eigenvalue weighted by Gasteiger charge is 2.24. The van der Waals surface area contributed by atoms with E-state index in [2.05, 4.69) is 72.8 Å². The van der Waals surface area contributed by atoms with Crippen LogP contribution in [-0.2, 0) is 23.2 Å². The summed E-state index contributed by atoms with van der Waals surface area (Å²) in [6.07, 6.45) is 10.1. The molecule has 2 N–H and O–H groups in total. The van der Waals surface area contributed by atoms with Crippen LogP contribution in [0.5, 0.6) is 23.0 Å². The first-order valence-corrected chi connectivity index (χ1v) is 14.2. The molecule has 4 aromatic carbocycles. The lowest BCUT2D eigenvalue weighted by Gasteiger charge is -2.14. The van der Waals surface area contributed by atoms with Gasteiger partial charge in [0, 0.05) is 35.1 Å². The minimum atomic E-state index is -4.67. The molecule has 0 radical (unpaired) electrons. The molecule has 4 aromatic rings. The second kappa shape index (κ2) is 12.2. The summed E-state index contributed by atoms with van der Waals surface area (Å²) in [5.74, 6) is 3.56. The highest BCUT2D eigenvalue weighted by molar-refractivity contribution is 7.79. The van der Waals surface area contributed by atoms with Crippen LogP contribution in [0.3, 0.4) is 0 Å². The van der Waals surface area contributed by atoms with E-state index < -0.39 is 10.4 Å². The Morgan fingerprint density at radius 2 is 1.00 bits per heavy atom. The maximum atomic E-state index is 8.74. The smallest absolute Gasteiger partial charge is 0.394 e. The van der Waals surface area contributed by atoms with Crippen LogP contribution in [0.1, 0.15) is 33.4 Å². The number of hydrogen-bond acceptors (Lipinski definition) is 5. The summed E-state index contributed by atoms with van der Waals surface area (Å²) < 4.78 is 50.1. The van der Waals surface area contributed by atoms with Crippen molar-refractivity contribution in [1.29, 1.82) is 0 Å². The van der Waals surface area contributed by atoms with Gasteiger partial charge in [0.15, 0.2) is 0 Å². The third-order valence-corrected chi connectivity index (χ3v) is 6.42. The average Bonchev–Trinajstić information content (AvgIpc) is 3.64. The Kier molecular flexibility index (Phi) is 8.31. The lowest BCUT2D eigenvalue weighted by atomic mass is 10.0. The molecule has 0 spiro atoms. The monoisotopic (exact) mass is 556 g/mol. The Labute approximate surface area is 233 Å². The third-order valence-electron chi connectivity index (χ3n) is 6.42. The molecule has 204 valence electrons. The van der Waals surface area contributed by atoms with Crippen molar-refractivity contribution >= 4 is 34.7 Å². The molecule has 0 atom stereocenters. The fourth-order valence-corrected chi connectivity index (χ4v) is 4.65. The minimum Gasteiger partial charge on any atom is -0.492 e. The van der Waals surface area contributed by atoms with Crippen LogP contribution in [-0.4, -0.2) is 30.7 Å². The van der Waals surface area contributed by atoms with Gasteiger partial charge in [-0.25, -0.2) is 0 Å². The van der Waals surface area contributed by atoms with Gasteiger partial charge >= 0.3 is 10.4 Å². The molecule has 7 nitrogen and oxygen atoms in total. The standard InChI is InChI=1S/C32H26O3.H2O4S/c1-3-7-23(8-4-1)11-13-25-15-17-29(27-19-21-33-31(25)27)35-30-18-16-26(32-28(30)20-22-34-32)14-12-24-9-5-2-6-10-24;1-5(2,3)4/h1-18H,19-22H2;(H2,1,2,3,4). The molecule has 2 heterocycles. The molecule has 0 amide bonds. The van der Waals surface area contributed by atoms with E-state index in [1.165, 1.54) is 0 Å². The van der Waals surface area contributed by atoms with Gasteiger partial charge in [-0.1, -0.05) is 85.0 Å². The van der Waals surface area contributed by atoms with Crippen LogP contribution in [0.2, 0.25) is 0 Å². The van der Waals surface area contributed by atoms with Crippen LogP contribution in [0.25, 0.3) is 24.3 Å². The van der Waals surface area contributed by atoms with Gasteiger partial charge in [0.2, 0.25) is 0 Å². The first kappa shape index (κ1) is 27.2. The summed E-state index contributed by atoms with van der Waals surface area (Å²) in [5.41, 5.74) is 6.72. The van der Waals surface area contributed by atoms with E-state index in [9.17, 15) is 0 Å². The Bertz CT molecular complexity index is 1530. The molecule has 0 saturated carbocycles. The van der Waals surface area contributed by atoms with Crippen molar-refractivity contribution in [2.75, 3.05) is 13.2 Å². The molecule has 0 aromatic heterocycles. The normalized spacial score (nSPS) is 13.8. The van der Waals surface area contributed by atoms with E-state index in [-0.39, 0.29) is 0 Å². The number of hydrogen-bond donors (Lipinski definition) is 2. The van der Waals surface area contributed by atoms with Gasteiger partial charge in [-0.15, -0.1) is 0 Å². The molecule has 0 fully saturated rings. The van der Waals surface area contributed by atoms with E-state index in [4.69, 9.17) is 31.7 Å². The maximum absolute atomic E-state index is 8.74. The molecular formula is C32H28O7S. The van der Waals surface area contributed by atoms with E-state index in [0.29, 0.717) is 13.2 Å². The van der Waals surface area contributed by atoms with Crippen molar-refractivity contribution in [1.82, 2.24) is 0 Å². The van der Waals surface area contributed by atoms with Crippen molar-refractivity contribution in [3.63, 3.8) is 0 Å². The fourth-order valence-electron chi connectivity index (χ4n) is 4.65. The Morgan fingerprint density at radius 1 is 0.600 bits per heavy atom. The van der Waals surface area contributed by atoms with Gasteiger partial charge in [-0.2, -0.15) is 8.42 Å². The predicted octanol–water partition coefficient (Wildman–Crippen LogP) is 7.04. The molecule has 0 aliphatic carbocycles. The highest BCUT2D eigenvalue weighted by atomic mass is 32.3. The zero-order valence-electron chi connectivity index (χ0n) is 21.6. The van der Waals surface area contributed by atoms with Gasteiger partial charge in [0.05, 0.1) is 13.2 Å². The summed E-state index contributed by atoms with van der Waals surface area (Å²) in [4.78, 5) is 0. The van der Waals surface area contributed by atoms with Crippen molar-refractivity contribution in [2.24, 2.45) is 0 Å². The number of rotatable bonds is 6. The van der Waals surface area contributed by atoms with Crippen LogP contribution in [0, 0.1) is 0 Å². The van der Waals surface area contributed by atoms with Crippen molar-refractivity contribution in [3.8, 4) is 23.0 Å². The molecule has 0 bridgehead atoms. The zero-order chi connectivity index (χ0) is 28.0. The zero-order valence-corrected chi connectivity index (χ0v) is 22.4. The maximum Gasteiger partial charge on any atom is 0.394 e. The summed E-state index contributed by atoms with van der Waals surface area (Å²) >= 11 is 0. The first-order valence-electron chi connectivity index (χ1n) is 12.8. The molecule has 8 heteroatoms. The highest BCUT2D eigenvalue weighted by Crippen LogP contribution is 2.43. The van der Waals surface area contributed by atoms with Crippen LogP contribution in [0.15, 0.2) is 84.9 Å². The van der Waals surface area contributed by atoms with Crippen LogP contribution < -0.4 is 14.2 Å². The Morgan fingerprint density at radius 3 is 1.40 bits per heavy atom. The molecule has 40 heavy (non-hydrogen) atoms. The van der Waals surface area contributed by atoms with Gasteiger partial charge in [0.1, 0.15) is 23.0 Å². The largest absolute Gasteiger partial charge is 0.492 e. The fraction of sp³-hybridized carbons (Fsp3) is 0.125. The molecule has 6 rings (SSSR count). The Balaban J connectivity index is 0.000000595. The summed E-state index contributed by atoms with van der Waals surface area (Å²) in [6.45, 7) is 1.35. The number of fused-ring (bicyclic) bond motifs is 2. The average molecular weight is 557 g/mol. The number of benzene rings is 4. The topological polar surface area (TPSA) is 102 Å². The lowest BCUT2D eigenvalue weighted by Crippen LogP contribution is -1.94. The SMILES string of the molecule is C(=Cc1ccc(Oc2ccc(C=Cc3ccccc3)c3c2CCO3)c2c1OCC2)c1ccccc1.O=S(=O)(O)O. The van der Waals surface area contributed by atoms with Crippen molar-refractivity contribution in [3.05, 3.63) is 118 Å². The first-order chi connectivity index (χ1) is 19.3. The van der Waals surface area contributed by atoms with Gasteiger partial charge in [0.25, 0.3) is 0 Å². The van der Waals surface area contributed by atoms with Crippen molar-refractivity contribution in [2.45, 2.75) is 12.8 Å². The number of ether oxygens (including phenoxy) is 3. The molecule has 0 unspecified atom stereocenters. The van der Waals surface area contributed by atoms with Gasteiger partial charge in [-0.3, -0.25) is 9.11 Å². The van der Waals surface area contributed by atoms with Gasteiger partial charge < -0.3 is 14.2 Å². The quantitative estimate of drug-likeness (QED) is 0.194. The van der Waals surface area contributed by atoms with E-state index >= 15 is 0 Å². The second-order valence-electron chi connectivity index (χ2n) is 9.16. The summed E-state index contributed by atoms with van der Waals surface area (Å²) in [6, 6.07) is 28.9. The molecular weight excluding hydrogens is 528 g/mol. The van der Waals surface area contributed by atoms with Crippen LogP contribution in [0.4, 0.5) is 0 Å². The predicted molar refractivity (Wildman–Crippen MR) is 156 cm³/mol. The van der Waals surface area contributed by atoms with E-state index in [1.807, 2.05) is 36.4 Å². The Hall–Kier alpha value is -4.37. The van der Waals surface area contributed by atoms with Crippen LogP contribution >= 0.6 is 0 Å². The summed E-state index contributed by atoms with van der Waals surface area (Å²) in [5, 5.41) is 0. The molecule has 0 saturated heterocycles. The van der Waals surface area contributed by atoms with Gasteiger partial charge in [-0.05, 0) is 35.4 Å². The molecule has 2 aliphatic heterocycles. The minimum absolute atomic E-state index is 0.673. The van der Waals surface area contributed by atoms with Crippen molar-refractivity contribution < 1.29 is 31.7 Å². The molecule has 2 aliphatic rings. The lowest BCUT2D eigenvalue weighted by molar-refractivity contribution is 0.356. The second-order valence-corrected chi connectivity index (χ2v) is 10.1. The van der Waals surface area contributed by atoms with E-state index in [1.54, 1.807) is 0 Å². The third kappa shape index (κ3) is 6.98. The summed E-state index contributed by atoms with van der Waals surface area (Å²) in [7, 11) is -4.67.